The van der Waals surface area contributed by atoms with E-state index in [9.17, 15) is 4.79 Å². The van der Waals surface area contributed by atoms with E-state index >= 15 is 0 Å². The number of carbonyl (C=O) groups is 1. The topological polar surface area (TPSA) is 105 Å². The van der Waals surface area contributed by atoms with Gasteiger partial charge in [-0.15, -0.1) is 0 Å². The van der Waals surface area contributed by atoms with Crippen LogP contribution in [-0.4, -0.2) is 64.2 Å². The van der Waals surface area contributed by atoms with Gasteiger partial charge in [-0.05, 0) is 55.3 Å². The summed E-state index contributed by atoms with van der Waals surface area (Å²) in [5, 5.41) is 4.15. The number of fused-ring (bicyclic) bond motifs is 1. The number of nitrogens with zero attached hydrogens (tertiary/aromatic N) is 4. The first-order chi connectivity index (χ1) is 17.4. The van der Waals surface area contributed by atoms with Crippen LogP contribution in [0.25, 0.3) is 22.2 Å². The molecule has 186 valence electrons. The Morgan fingerprint density at radius 2 is 1.94 bits per heavy atom. The number of pyridine rings is 1. The summed E-state index contributed by atoms with van der Waals surface area (Å²) in [4.78, 5) is 31.1. The minimum absolute atomic E-state index is 0.0182. The number of anilines is 2. The molecule has 4 aromatic rings. The van der Waals surface area contributed by atoms with Crippen molar-refractivity contribution in [3.05, 3.63) is 59.5 Å². The summed E-state index contributed by atoms with van der Waals surface area (Å²) in [6, 6.07) is 9.54. The first-order valence-corrected chi connectivity index (χ1v) is 12.0. The van der Waals surface area contributed by atoms with Crippen LogP contribution in [0.4, 0.5) is 11.6 Å². The van der Waals surface area contributed by atoms with Gasteiger partial charge in [0, 0.05) is 61.8 Å². The van der Waals surface area contributed by atoms with E-state index in [1.807, 2.05) is 44.3 Å². The molecule has 2 N–H and O–H groups in total. The molecule has 0 saturated carbocycles. The van der Waals surface area contributed by atoms with Crippen molar-refractivity contribution in [3.8, 4) is 17.0 Å². The number of benzene rings is 1. The highest BCUT2D eigenvalue weighted by atomic mass is 16.5. The van der Waals surface area contributed by atoms with Crippen molar-refractivity contribution in [2.45, 2.75) is 32.8 Å². The van der Waals surface area contributed by atoms with E-state index in [1.54, 1.807) is 31.3 Å². The van der Waals surface area contributed by atoms with Crippen molar-refractivity contribution in [1.82, 2.24) is 24.8 Å². The standard InChI is InChI=1S/C27H30N6O3/c1-16-13-19(26(34)33(3)4)5-6-22(16)30-27-31-24-23(25(32-27)36-20-8-11-35-12-9-20)21(15-29-24)18-7-10-28-17(2)14-18/h5-7,10,13-15,20H,8-9,11-12H2,1-4H3,(H2,29,30,31,32). The van der Waals surface area contributed by atoms with Crippen molar-refractivity contribution in [2.75, 3.05) is 32.6 Å². The molecule has 36 heavy (non-hydrogen) atoms. The maximum Gasteiger partial charge on any atom is 0.253 e. The second-order valence-electron chi connectivity index (χ2n) is 9.25. The number of H-pyrrole nitrogens is 1. The summed E-state index contributed by atoms with van der Waals surface area (Å²) in [6.07, 6.45) is 5.37. The third-order valence-corrected chi connectivity index (χ3v) is 6.28. The quantitative estimate of drug-likeness (QED) is 0.409. The Labute approximate surface area is 209 Å². The molecule has 0 unspecified atom stereocenters. The van der Waals surface area contributed by atoms with Crippen LogP contribution >= 0.6 is 0 Å². The minimum Gasteiger partial charge on any atom is -0.474 e. The average Bonchev–Trinajstić information content (AvgIpc) is 3.30. The van der Waals surface area contributed by atoms with Crippen LogP contribution in [0.3, 0.4) is 0 Å². The van der Waals surface area contributed by atoms with E-state index in [1.165, 1.54) is 0 Å². The van der Waals surface area contributed by atoms with Crippen LogP contribution < -0.4 is 10.1 Å². The van der Waals surface area contributed by atoms with E-state index in [0.29, 0.717) is 36.3 Å². The zero-order chi connectivity index (χ0) is 25.2. The highest BCUT2D eigenvalue weighted by molar-refractivity contribution is 5.98. The van der Waals surface area contributed by atoms with Crippen molar-refractivity contribution in [3.63, 3.8) is 0 Å². The summed E-state index contributed by atoms with van der Waals surface area (Å²) in [6.45, 7) is 5.26. The molecular weight excluding hydrogens is 456 g/mol. The van der Waals surface area contributed by atoms with E-state index < -0.39 is 0 Å². The van der Waals surface area contributed by atoms with Crippen molar-refractivity contribution >= 4 is 28.6 Å². The number of hydrogen-bond donors (Lipinski definition) is 2. The van der Waals surface area contributed by atoms with Gasteiger partial charge in [0.15, 0.2) is 0 Å². The number of aryl methyl sites for hydroxylation is 2. The normalized spacial score (nSPS) is 14.1. The number of ether oxygens (including phenoxy) is 2. The summed E-state index contributed by atoms with van der Waals surface area (Å²) in [7, 11) is 3.48. The van der Waals surface area contributed by atoms with Crippen LogP contribution in [-0.2, 0) is 4.74 Å². The maximum atomic E-state index is 12.3. The van der Waals surface area contributed by atoms with Gasteiger partial charge in [0.05, 0.1) is 18.6 Å². The predicted molar refractivity (Wildman–Crippen MR) is 139 cm³/mol. The second-order valence-corrected chi connectivity index (χ2v) is 9.25. The third kappa shape index (κ3) is 4.87. The molecule has 0 aliphatic carbocycles. The summed E-state index contributed by atoms with van der Waals surface area (Å²) in [5.41, 5.74) is 5.95. The molecule has 0 bridgehead atoms. The lowest BCUT2D eigenvalue weighted by Gasteiger charge is -2.23. The summed E-state index contributed by atoms with van der Waals surface area (Å²) < 4.78 is 12.0. The fourth-order valence-corrected chi connectivity index (χ4v) is 4.35. The fourth-order valence-electron chi connectivity index (χ4n) is 4.35. The number of hydrogen-bond acceptors (Lipinski definition) is 7. The molecule has 1 amide bonds. The highest BCUT2D eigenvalue weighted by Crippen LogP contribution is 2.36. The minimum atomic E-state index is -0.0419. The van der Waals surface area contributed by atoms with Crippen LogP contribution in [0.2, 0.25) is 0 Å². The van der Waals surface area contributed by atoms with Gasteiger partial charge < -0.3 is 24.7 Å². The lowest BCUT2D eigenvalue weighted by molar-refractivity contribution is 0.0244. The van der Waals surface area contributed by atoms with Gasteiger partial charge >= 0.3 is 0 Å². The third-order valence-electron chi connectivity index (χ3n) is 6.28. The molecule has 1 fully saturated rings. The molecule has 1 aliphatic heterocycles. The van der Waals surface area contributed by atoms with E-state index in [0.717, 1.165) is 46.3 Å². The Kier molecular flexibility index (Phi) is 6.56. The number of aromatic nitrogens is 4. The average molecular weight is 487 g/mol. The molecule has 0 spiro atoms. The Hall–Kier alpha value is -3.98. The van der Waals surface area contributed by atoms with Crippen molar-refractivity contribution < 1.29 is 14.3 Å². The number of carbonyl (C=O) groups excluding carboxylic acids is 1. The molecule has 1 aromatic carbocycles. The van der Waals surface area contributed by atoms with Crippen molar-refractivity contribution in [1.29, 1.82) is 0 Å². The molecule has 0 radical (unpaired) electrons. The smallest absolute Gasteiger partial charge is 0.253 e. The Balaban J connectivity index is 1.53. The van der Waals surface area contributed by atoms with Gasteiger partial charge in [-0.1, -0.05) is 0 Å². The fraction of sp³-hybridized carbons (Fsp3) is 0.333. The molecule has 9 heteroatoms. The predicted octanol–water partition coefficient (Wildman–Crippen LogP) is 4.64. The Morgan fingerprint density at radius 3 is 2.67 bits per heavy atom. The summed E-state index contributed by atoms with van der Waals surface area (Å²) >= 11 is 0. The molecule has 1 aliphatic rings. The van der Waals surface area contributed by atoms with Crippen LogP contribution in [0.15, 0.2) is 42.7 Å². The largest absolute Gasteiger partial charge is 0.474 e. The zero-order valence-electron chi connectivity index (χ0n) is 21.0. The SMILES string of the molecule is Cc1cc(-c2c[nH]c3nc(Nc4ccc(C(=O)N(C)C)cc4C)nc(OC4CCOCC4)c23)ccn1. The molecule has 1 saturated heterocycles. The van der Waals surface area contributed by atoms with Gasteiger partial charge in [-0.3, -0.25) is 9.78 Å². The Morgan fingerprint density at radius 1 is 1.14 bits per heavy atom. The maximum absolute atomic E-state index is 12.3. The molecule has 9 nitrogen and oxygen atoms in total. The highest BCUT2D eigenvalue weighted by Gasteiger charge is 2.22. The second kappa shape index (κ2) is 9.94. The van der Waals surface area contributed by atoms with E-state index in [2.05, 4.69) is 15.3 Å². The van der Waals surface area contributed by atoms with Gasteiger partial charge in [0.2, 0.25) is 11.8 Å². The first kappa shape index (κ1) is 23.7. The van der Waals surface area contributed by atoms with Crippen LogP contribution in [0.1, 0.15) is 34.5 Å². The molecule has 0 atom stereocenters. The molecule has 4 heterocycles. The Bertz CT molecular complexity index is 1410. The lowest BCUT2D eigenvalue weighted by Crippen LogP contribution is -2.26. The van der Waals surface area contributed by atoms with Gasteiger partial charge in [-0.2, -0.15) is 9.97 Å². The van der Waals surface area contributed by atoms with E-state index in [-0.39, 0.29) is 12.0 Å². The van der Waals surface area contributed by atoms with Crippen LogP contribution in [0, 0.1) is 13.8 Å². The zero-order valence-corrected chi connectivity index (χ0v) is 21.0. The van der Waals surface area contributed by atoms with Gasteiger partial charge in [-0.25, -0.2) is 0 Å². The van der Waals surface area contributed by atoms with Gasteiger partial charge in [0.1, 0.15) is 11.8 Å². The van der Waals surface area contributed by atoms with Crippen molar-refractivity contribution in [2.24, 2.45) is 0 Å². The van der Waals surface area contributed by atoms with Gasteiger partial charge in [0.25, 0.3) is 5.91 Å². The number of rotatable bonds is 6. The number of amides is 1. The number of nitrogens with one attached hydrogen (secondary N) is 2. The van der Waals surface area contributed by atoms with E-state index in [4.69, 9.17) is 19.4 Å². The monoisotopic (exact) mass is 486 g/mol. The lowest BCUT2D eigenvalue weighted by atomic mass is 10.1. The van der Waals surface area contributed by atoms with Crippen LogP contribution in [0.5, 0.6) is 5.88 Å². The molecule has 3 aromatic heterocycles. The summed E-state index contributed by atoms with van der Waals surface area (Å²) in [5.74, 6) is 0.899. The first-order valence-electron chi connectivity index (χ1n) is 12.0. The number of aromatic amines is 1. The molecule has 5 rings (SSSR count). The molecular formula is C27H30N6O3.